The van der Waals surface area contributed by atoms with Crippen molar-refractivity contribution in [2.45, 2.75) is 24.2 Å². The summed E-state index contributed by atoms with van der Waals surface area (Å²) in [7, 11) is 0. The van der Waals surface area contributed by atoms with Crippen LogP contribution in [0.25, 0.3) is 0 Å². The summed E-state index contributed by atoms with van der Waals surface area (Å²) in [5.41, 5.74) is 2.25. The number of aryl methyl sites for hydroxylation is 1. The lowest BCUT2D eigenvalue weighted by Gasteiger charge is -2.23. The molecule has 138 valence electrons. The maximum atomic E-state index is 12.9. The summed E-state index contributed by atoms with van der Waals surface area (Å²) in [5.74, 6) is 0.182. The van der Waals surface area contributed by atoms with E-state index in [-0.39, 0.29) is 5.91 Å². The highest BCUT2D eigenvalue weighted by Gasteiger charge is 2.21. The SMILES string of the molecule is CSc1ccccc1C(=O)N1CCCN(CCCc2ccccc2)CC1. The Hall–Kier alpha value is -1.78. The molecule has 3 rings (SSSR count). The second-order valence-corrected chi connectivity index (χ2v) is 7.62. The van der Waals surface area contributed by atoms with E-state index in [4.69, 9.17) is 0 Å². The average molecular weight is 369 g/mol. The van der Waals surface area contributed by atoms with Gasteiger partial charge in [0.2, 0.25) is 0 Å². The number of nitrogens with zero attached hydrogens (tertiary/aromatic N) is 2. The monoisotopic (exact) mass is 368 g/mol. The summed E-state index contributed by atoms with van der Waals surface area (Å²) in [6.45, 7) is 4.85. The summed E-state index contributed by atoms with van der Waals surface area (Å²) >= 11 is 1.64. The van der Waals surface area contributed by atoms with Gasteiger partial charge in [0.15, 0.2) is 0 Å². The van der Waals surface area contributed by atoms with Gasteiger partial charge in [-0.3, -0.25) is 4.79 Å². The minimum absolute atomic E-state index is 0.182. The number of hydrogen-bond donors (Lipinski definition) is 0. The highest BCUT2D eigenvalue weighted by molar-refractivity contribution is 7.98. The molecule has 0 aliphatic carbocycles. The van der Waals surface area contributed by atoms with Crippen LogP contribution in [-0.4, -0.2) is 54.7 Å². The van der Waals surface area contributed by atoms with Crippen molar-refractivity contribution in [1.82, 2.24) is 9.80 Å². The Kier molecular flexibility index (Phi) is 7.15. The molecule has 0 saturated carbocycles. The van der Waals surface area contributed by atoms with Crippen molar-refractivity contribution >= 4 is 17.7 Å². The van der Waals surface area contributed by atoms with Crippen LogP contribution in [0.4, 0.5) is 0 Å². The summed E-state index contributed by atoms with van der Waals surface area (Å²) in [6, 6.07) is 18.6. The fraction of sp³-hybridized carbons (Fsp3) is 0.409. The molecule has 0 N–H and O–H groups in total. The molecule has 1 aliphatic rings. The van der Waals surface area contributed by atoms with Crippen LogP contribution in [-0.2, 0) is 6.42 Å². The van der Waals surface area contributed by atoms with Crippen molar-refractivity contribution in [3.63, 3.8) is 0 Å². The Bertz CT molecular complexity index is 704. The maximum absolute atomic E-state index is 12.9. The molecule has 2 aromatic rings. The average Bonchev–Trinajstić information content (AvgIpc) is 2.94. The predicted octanol–water partition coefficient (Wildman–Crippen LogP) is 4.19. The number of thioether (sulfide) groups is 1. The van der Waals surface area contributed by atoms with Crippen LogP contribution in [0.15, 0.2) is 59.5 Å². The Morgan fingerprint density at radius 2 is 1.73 bits per heavy atom. The molecule has 1 aliphatic heterocycles. The Balaban J connectivity index is 1.50. The van der Waals surface area contributed by atoms with Gasteiger partial charge in [0.25, 0.3) is 5.91 Å². The van der Waals surface area contributed by atoms with Gasteiger partial charge in [-0.2, -0.15) is 0 Å². The van der Waals surface area contributed by atoms with E-state index in [9.17, 15) is 4.79 Å². The summed E-state index contributed by atoms with van der Waals surface area (Å²) < 4.78 is 0. The third-order valence-corrected chi connectivity index (χ3v) is 5.79. The molecule has 4 heteroatoms. The molecular formula is C22H28N2OS. The first kappa shape index (κ1) is 19.0. The van der Waals surface area contributed by atoms with Crippen LogP contribution in [0.1, 0.15) is 28.8 Å². The third-order valence-electron chi connectivity index (χ3n) is 5.00. The maximum Gasteiger partial charge on any atom is 0.255 e. The van der Waals surface area contributed by atoms with Gasteiger partial charge >= 0.3 is 0 Å². The van der Waals surface area contributed by atoms with Crippen LogP contribution >= 0.6 is 11.8 Å². The molecule has 0 unspecified atom stereocenters. The number of carbonyl (C=O) groups excluding carboxylic acids is 1. The molecule has 1 saturated heterocycles. The van der Waals surface area contributed by atoms with Crippen molar-refractivity contribution in [3.05, 3.63) is 65.7 Å². The van der Waals surface area contributed by atoms with Crippen molar-refractivity contribution in [1.29, 1.82) is 0 Å². The van der Waals surface area contributed by atoms with Crippen molar-refractivity contribution in [2.24, 2.45) is 0 Å². The van der Waals surface area contributed by atoms with Crippen LogP contribution in [0.2, 0.25) is 0 Å². The molecule has 1 amide bonds. The second kappa shape index (κ2) is 9.79. The molecule has 0 spiro atoms. The normalized spacial score (nSPS) is 15.7. The fourth-order valence-corrected chi connectivity index (χ4v) is 4.13. The zero-order valence-electron chi connectivity index (χ0n) is 15.6. The highest BCUT2D eigenvalue weighted by atomic mass is 32.2. The van der Waals surface area contributed by atoms with E-state index in [1.54, 1.807) is 11.8 Å². The molecule has 2 aromatic carbocycles. The lowest BCUT2D eigenvalue weighted by molar-refractivity contribution is 0.0758. The smallest absolute Gasteiger partial charge is 0.255 e. The zero-order valence-corrected chi connectivity index (χ0v) is 16.4. The van der Waals surface area contributed by atoms with Gasteiger partial charge in [-0.05, 0) is 56.3 Å². The first-order chi connectivity index (χ1) is 12.8. The number of amides is 1. The second-order valence-electron chi connectivity index (χ2n) is 6.78. The topological polar surface area (TPSA) is 23.6 Å². The Labute approximate surface area is 161 Å². The van der Waals surface area contributed by atoms with Gasteiger partial charge in [0.05, 0.1) is 5.56 Å². The first-order valence-electron chi connectivity index (χ1n) is 9.46. The fourth-order valence-electron chi connectivity index (χ4n) is 3.54. The Morgan fingerprint density at radius 1 is 0.962 bits per heavy atom. The van der Waals surface area contributed by atoms with Gasteiger partial charge in [-0.25, -0.2) is 0 Å². The molecule has 1 fully saturated rings. The summed E-state index contributed by atoms with van der Waals surface area (Å²) in [6.07, 6.45) is 5.38. The van der Waals surface area contributed by atoms with E-state index >= 15 is 0 Å². The van der Waals surface area contributed by atoms with Gasteiger partial charge < -0.3 is 9.80 Å². The van der Waals surface area contributed by atoms with Crippen molar-refractivity contribution in [2.75, 3.05) is 39.0 Å². The summed E-state index contributed by atoms with van der Waals surface area (Å²) in [5, 5.41) is 0. The number of rotatable bonds is 6. The molecule has 0 aromatic heterocycles. The van der Waals surface area contributed by atoms with E-state index in [1.165, 1.54) is 12.0 Å². The third kappa shape index (κ3) is 5.12. The standard InChI is InChI=1S/C22H28N2OS/c1-26-21-13-6-5-12-20(21)22(25)24-16-8-15-23(17-18-24)14-7-11-19-9-3-2-4-10-19/h2-6,9-10,12-13H,7-8,11,14-18H2,1H3. The molecule has 0 bridgehead atoms. The van der Waals surface area contributed by atoms with Crippen molar-refractivity contribution in [3.8, 4) is 0 Å². The molecule has 26 heavy (non-hydrogen) atoms. The molecule has 0 atom stereocenters. The van der Waals surface area contributed by atoms with Gasteiger partial charge in [0.1, 0.15) is 0 Å². The minimum Gasteiger partial charge on any atom is -0.337 e. The van der Waals surface area contributed by atoms with Gasteiger partial charge in [0, 0.05) is 24.5 Å². The molecular weight excluding hydrogens is 340 g/mol. The van der Waals surface area contributed by atoms with E-state index in [1.807, 2.05) is 35.4 Å². The number of benzene rings is 2. The lowest BCUT2D eigenvalue weighted by Crippen LogP contribution is -2.35. The van der Waals surface area contributed by atoms with Gasteiger partial charge in [-0.15, -0.1) is 11.8 Å². The number of carbonyl (C=O) groups is 1. The van der Waals surface area contributed by atoms with E-state index in [2.05, 4.69) is 35.2 Å². The minimum atomic E-state index is 0.182. The van der Waals surface area contributed by atoms with Crippen LogP contribution < -0.4 is 0 Å². The summed E-state index contributed by atoms with van der Waals surface area (Å²) in [4.78, 5) is 18.5. The van der Waals surface area contributed by atoms with E-state index in [0.29, 0.717) is 0 Å². The van der Waals surface area contributed by atoms with Crippen molar-refractivity contribution < 1.29 is 4.79 Å². The quantitative estimate of drug-likeness (QED) is 0.714. The van der Waals surface area contributed by atoms with Gasteiger partial charge in [-0.1, -0.05) is 42.5 Å². The number of hydrogen-bond acceptors (Lipinski definition) is 3. The Morgan fingerprint density at radius 3 is 2.54 bits per heavy atom. The molecule has 0 radical (unpaired) electrons. The predicted molar refractivity (Wildman–Crippen MR) is 110 cm³/mol. The van der Waals surface area contributed by atoms with E-state index in [0.717, 1.165) is 56.0 Å². The first-order valence-corrected chi connectivity index (χ1v) is 10.7. The van der Waals surface area contributed by atoms with Crippen LogP contribution in [0, 0.1) is 0 Å². The zero-order chi connectivity index (χ0) is 18.2. The molecule has 1 heterocycles. The molecule has 3 nitrogen and oxygen atoms in total. The van der Waals surface area contributed by atoms with Crippen LogP contribution in [0.3, 0.4) is 0 Å². The van der Waals surface area contributed by atoms with Crippen LogP contribution in [0.5, 0.6) is 0 Å². The largest absolute Gasteiger partial charge is 0.337 e. The highest BCUT2D eigenvalue weighted by Crippen LogP contribution is 2.22. The lowest BCUT2D eigenvalue weighted by atomic mass is 10.1. The van der Waals surface area contributed by atoms with E-state index < -0.39 is 0 Å².